The summed E-state index contributed by atoms with van der Waals surface area (Å²) in [6, 6.07) is 3.71. The molecule has 0 aliphatic heterocycles. The summed E-state index contributed by atoms with van der Waals surface area (Å²) in [5, 5.41) is 3.07. The lowest BCUT2D eigenvalue weighted by molar-refractivity contribution is -0.145. The van der Waals surface area contributed by atoms with E-state index in [0.29, 0.717) is 12.4 Å². The van der Waals surface area contributed by atoms with E-state index in [1.165, 1.54) is 0 Å². The predicted octanol–water partition coefficient (Wildman–Crippen LogP) is 1.90. The summed E-state index contributed by atoms with van der Waals surface area (Å²) in [6.07, 6.45) is 0. The van der Waals surface area contributed by atoms with Crippen LogP contribution in [-0.2, 0) is 9.53 Å². The average Bonchev–Trinajstić information content (AvgIpc) is 2.27. The van der Waals surface area contributed by atoms with Gasteiger partial charge in [0.25, 0.3) is 0 Å². The predicted molar refractivity (Wildman–Crippen MR) is 78.5 cm³/mol. The Bertz CT molecular complexity index is 466. The van der Waals surface area contributed by atoms with Crippen LogP contribution in [0.25, 0.3) is 0 Å². The molecule has 0 saturated heterocycles. The number of ether oxygens (including phenoxy) is 2. The highest BCUT2D eigenvalue weighted by atomic mass is 32.1. The Morgan fingerprint density at radius 2 is 1.95 bits per heavy atom. The SMILES string of the molecule is CCOC(=O)COc1c(C)cc(NC(N)=S)cc1C. The van der Waals surface area contributed by atoms with Gasteiger partial charge in [-0.15, -0.1) is 0 Å². The Labute approximate surface area is 118 Å². The van der Waals surface area contributed by atoms with Crippen LogP contribution in [0.1, 0.15) is 18.1 Å². The fourth-order valence-corrected chi connectivity index (χ4v) is 1.84. The average molecular weight is 282 g/mol. The highest BCUT2D eigenvalue weighted by Crippen LogP contribution is 2.27. The molecular weight excluding hydrogens is 264 g/mol. The molecule has 0 fully saturated rings. The van der Waals surface area contributed by atoms with Gasteiger partial charge < -0.3 is 20.5 Å². The second kappa shape index (κ2) is 6.94. The molecule has 19 heavy (non-hydrogen) atoms. The number of rotatable bonds is 5. The fourth-order valence-electron chi connectivity index (χ4n) is 1.73. The van der Waals surface area contributed by atoms with Gasteiger partial charge in [0.2, 0.25) is 0 Å². The van der Waals surface area contributed by atoms with E-state index in [9.17, 15) is 4.79 Å². The van der Waals surface area contributed by atoms with Gasteiger partial charge in [0.1, 0.15) is 5.75 Å². The van der Waals surface area contributed by atoms with Crippen molar-refractivity contribution >= 4 is 29.0 Å². The molecule has 1 aromatic carbocycles. The van der Waals surface area contributed by atoms with Gasteiger partial charge in [0, 0.05) is 5.69 Å². The van der Waals surface area contributed by atoms with Gasteiger partial charge in [0.15, 0.2) is 11.7 Å². The van der Waals surface area contributed by atoms with Crippen LogP contribution in [0.5, 0.6) is 5.75 Å². The van der Waals surface area contributed by atoms with E-state index in [-0.39, 0.29) is 17.7 Å². The maximum absolute atomic E-state index is 11.3. The number of nitrogens with one attached hydrogen (secondary N) is 1. The van der Waals surface area contributed by atoms with Crippen molar-refractivity contribution in [2.24, 2.45) is 5.73 Å². The first kappa shape index (κ1) is 15.2. The summed E-state index contributed by atoms with van der Waals surface area (Å²) in [5.41, 5.74) is 8.00. The normalized spacial score (nSPS) is 9.84. The van der Waals surface area contributed by atoms with Gasteiger partial charge in [0.05, 0.1) is 6.61 Å². The van der Waals surface area contributed by atoms with Gasteiger partial charge in [-0.25, -0.2) is 4.79 Å². The van der Waals surface area contributed by atoms with Crippen LogP contribution in [0.3, 0.4) is 0 Å². The van der Waals surface area contributed by atoms with Crippen molar-refractivity contribution in [2.45, 2.75) is 20.8 Å². The van der Waals surface area contributed by atoms with E-state index in [1.54, 1.807) is 6.92 Å². The van der Waals surface area contributed by atoms with Crippen LogP contribution in [0, 0.1) is 13.8 Å². The summed E-state index contributed by atoms with van der Waals surface area (Å²) in [7, 11) is 0. The Balaban J connectivity index is 2.79. The van der Waals surface area contributed by atoms with Crippen molar-refractivity contribution in [1.29, 1.82) is 0 Å². The van der Waals surface area contributed by atoms with Crippen LogP contribution in [0.15, 0.2) is 12.1 Å². The minimum atomic E-state index is -0.383. The second-order valence-corrected chi connectivity index (χ2v) is 4.46. The fraction of sp³-hybridized carbons (Fsp3) is 0.385. The Morgan fingerprint density at radius 1 is 1.37 bits per heavy atom. The van der Waals surface area contributed by atoms with E-state index in [0.717, 1.165) is 16.8 Å². The van der Waals surface area contributed by atoms with Crippen LogP contribution < -0.4 is 15.8 Å². The lowest BCUT2D eigenvalue weighted by Crippen LogP contribution is -2.19. The molecule has 0 aliphatic rings. The standard InChI is InChI=1S/C13H18N2O3S/c1-4-17-11(16)7-18-12-8(2)5-10(6-9(12)3)15-13(14)19/h5-6H,4,7H2,1-3H3,(H3,14,15,19). The van der Waals surface area contributed by atoms with Crippen molar-refractivity contribution in [1.82, 2.24) is 0 Å². The highest BCUT2D eigenvalue weighted by molar-refractivity contribution is 7.80. The van der Waals surface area contributed by atoms with Crippen LogP contribution in [0.4, 0.5) is 5.69 Å². The summed E-state index contributed by atoms with van der Waals surface area (Å²) in [4.78, 5) is 11.3. The number of hydrogen-bond donors (Lipinski definition) is 2. The first-order valence-electron chi connectivity index (χ1n) is 5.90. The van der Waals surface area contributed by atoms with E-state index >= 15 is 0 Å². The van der Waals surface area contributed by atoms with Crippen LogP contribution in [-0.4, -0.2) is 24.3 Å². The van der Waals surface area contributed by atoms with Crippen molar-refractivity contribution in [3.05, 3.63) is 23.3 Å². The van der Waals surface area contributed by atoms with Gasteiger partial charge in [-0.2, -0.15) is 0 Å². The smallest absolute Gasteiger partial charge is 0.344 e. The highest BCUT2D eigenvalue weighted by Gasteiger charge is 2.09. The number of carbonyl (C=O) groups excluding carboxylic acids is 1. The largest absolute Gasteiger partial charge is 0.481 e. The number of carbonyl (C=O) groups is 1. The molecule has 0 aliphatic carbocycles. The van der Waals surface area contributed by atoms with Gasteiger partial charge in [-0.1, -0.05) is 0 Å². The lowest BCUT2D eigenvalue weighted by atomic mass is 10.1. The third-order valence-electron chi connectivity index (χ3n) is 2.37. The van der Waals surface area contributed by atoms with Crippen molar-refractivity contribution in [3.8, 4) is 5.75 Å². The van der Waals surface area contributed by atoms with Gasteiger partial charge in [-0.3, -0.25) is 0 Å². The van der Waals surface area contributed by atoms with Crippen molar-refractivity contribution < 1.29 is 14.3 Å². The monoisotopic (exact) mass is 282 g/mol. The number of nitrogens with two attached hydrogens (primary N) is 1. The van der Waals surface area contributed by atoms with Crippen molar-refractivity contribution in [3.63, 3.8) is 0 Å². The van der Waals surface area contributed by atoms with E-state index in [2.05, 4.69) is 5.32 Å². The van der Waals surface area contributed by atoms with Gasteiger partial charge in [-0.05, 0) is 56.2 Å². The molecule has 5 nitrogen and oxygen atoms in total. The second-order valence-electron chi connectivity index (χ2n) is 4.02. The zero-order chi connectivity index (χ0) is 14.4. The number of aryl methyl sites for hydroxylation is 2. The zero-order valence-corrected chi connectivity index (χ0v) is 12.1. The molecule has 6 heteroatoms. The third kappa shape index (κ3) is 4.75. The first-order valence-corrected chi connectivity index (χ1v) is 6.31. The number of hydrogen-bond acceptors (Lipinski definition) is 4. The Hall–Kier alpha value is -1.82. The summed E-state index contributed by atoms with van der Waals surface area (Å²) in [6.45, 7) is 5.77. The van der Waals surface area contributed by atoms with E-state index in [1.807, 2.05) is 26.0 Å². The molecule has 0 atom stereocenters. The Kier molecular flexibility index (Phi) is 5.57. The van der Waals surface area contributed by atoms with Gasteiger partial charge >= 0.3 is 5.97 Å². The zero-order valence-electron chi connectivity index (χ0n) is 11.3. The topological polar surface area (TPSA) is 73.6 Å². The molecule has 0 radical (unpaired) electrons. The summed E-state index contributed by atoms with van der Waals surface area (Å²) < 4.78 is 10.3. The number of esters is 1. The minimum absolute atomic E-state index is 0.0996. The minimum Gasteiger partial charge on any atom is -0.481 e. The molecule has 0 heterocycles. The third-order valence-corrected chi connectivity index (χ3v) is 2.47. The number of anilines is 1. The van der Waals surface area contributed by atoms with E-state index < -0.39 is 0 Å². The molecular formula is C13H18N2O3S. The molecule has 0 aromatic heterocycles. The molecule has 0 bridgehead atoms. The maximum atomic E-state index is 11.3. The lowest BCUT2D eigenvalue weighted by Gasteiger charge is -2.14. The molecule has 0 unspecified atom stereocenters. The number of thiocarbonyl (C=S) groups is 1. The maximum Gasteiger partial charge on any atom is 0.344 e. The molecule has 0 spiro atoms. The molecule has 1 aromatic rings. The quantitative estimate of drug-likeness (QED) is 0.635. The van der Waals surface area contributed by atoms with Crippen LogP contribution in [0.2, 0.25) is 0 Å². The summed E-state index contributed by atoms with van der Waals surface area (Å²) in [5.74, 6) is 0.285. The molecule has 0 amide bonds. The first-order chi connectivity index (χ1) is 8.93. The van der Waals surface area contributed by atoms with Crippen molar-refractivity contribution in [2.75, 3.05) is 18.5 Å². The number of benzene rings is 1. The van der Waals surface area contributed by atoms with Crippen LogP contribution >= 0.6 is 12.2 Å². The van der Waals surface area contributed by atoms with E-state index in [4.69, 9.17) is 27.4 Å². The molecule has 104 valence electrons. The molecule has 1 rings (SSSR count). The molecule has 0 saturated carbocycles. The molecule has 3 N–H and O–H groups in total. The Morgan fingerprint density at radius 3 is 2.42 bits per heavy atom. The summed E-state index contributed by atoms with van der Waals surface area (Å²) >= 11 is 4.79.